The van der Waals surface area contributed by atoms with Crippen molar-refractivity contribution in [3.63, 3.8) is 0 Å². The van der Waals surface area contributed by atoms with Gasteiger partial charge in [0, 0.05) is 6.08 Å². The standard InChI is InChI=1S/C4HCl3F2/c5-2-1-3(8,9)4(2,6)7/h1H. The highest BCUT2D eigenvalue weighted by Crippen LogP contribution is 2.54. The van der Waals surface area contributed by atoms with Crippen LogP contribution in [0.4, 0.5) is 8.78 Å². The third kappa shape index (κ3) is 0.846. The highest BCUT2D eigenvalue weighted by molar-refractivity contribution is 6.58. The van der Waals surface area contributed by atoms with Crippen LogP contribution in [0.15, 0.2) is 11.1 Å². The zero-order valence-corrected chi connectivity index (χ0v) is 6.23. The van der Waals surface area contributed by atoms with Crippen molar-refractivity contribution in [3.05, 3.63) is 11.1 Å². The molecular weight excluding hydrogens is 192 g/mol. The fourth-order valence-electron chi connectivity index (χ4n) is 0.422. The first kappa shape index (κ1) is 7.58. The molecule has 52 valence electrons. The van der Waals surface area contributed by atoms with E-state index in [0.717, 1.165) is 0 Å². The van der Waals surface area contributed by atoms with Crippen molar-refractivity contribution in [2.45, 2.75) is 10.3 Å². The molecule has 1 aliphatic carbocycles. The maximum absolute atomic E-state index is 12.1. The minimum atomic E-state index is -3.17. The molecule has 0 N–H and O–H groups in total. The molecule has 9 heavy (non-hydrogen) atoms. The van der Waals surface area contributed by atoms with E-state index >= 15 is 0 Å². The van der Waals surface area contributed by atoms with E-state index in [1.54, 1.807) is 0 Å². The molecule has 1 rings (SSSR count). The average Bonchev–Trinajstić information content (AvgIpc) is 1.65. The molecule has 0 unspecified atom stereocenters. The van der Waals surface area contributed by atoms with Crippen molar-refractivity contribution < 1.29 is 8.78 Å². The summed E-state index contributed by atoms with van der Waals surface area (Å²) in [6, 6.07) is 0. The number of halogens is 5. The lowest BCUT2D eigenvalue weighted by molar-refractivity contribution is 0.0286. The van der Waals surface area contributed by atoms with Crippen molar-refractivity contribution in [1.29, 1.82) is 0 Å². The molecule has 0 fully saturated rings. The third-order valence-electron chi connectivity index (χ3n) is 1.03. The third-order valence-corrected chi connectivity index (χ3v) is 2.52. The fraction of sp³-hybridized carbons (Fsp3) is 0.500. The molecule has 0 amide bonds. The number of allylic oxidation sites excluding steroid dienone is 2. The fourth-order valence-corrected chi connectivity index (χ4v) is 0.903. The van der Waals surface area contributed by atoms with Gasteiger partial charge in [-0.05, 0) is 0 Å². The Bertz CT molecular complexity index is 173. The molecule has 0 saturated carbocycles. The minimum absolute atomic E-state index is 0.212. The Hall–Kier alpha value is 0.470. The van der Waals surface area contributed by atoms with Crippen LogP contribution in [0.3, 0.4) is 0 Å². The Morgan fingerprint density at radius 1 is 1.33 bits per heavy atom. The lowest BCUT2D eigenvalue weighted by Gasteiger charge is -2.34. The molecule has 0 atom stereocenters. The van der Waals surface area contributed by atoms with E-state index < -0.39 is 10.3 Å². The van der Waals surface area contributed by atoms with Gasteiger partial charge in [-0.3, -0.25) is 0 Å². The molecule has 0 radical (unpaired) electrons. The normalized spacial score (nSPS) is 28.8. The number of rotatable bonds is 0. The van der Waals surface area contributed by atoms with E-state index in [-0.39, 0.29) is 5.03 Å². The van der Waals surface area contributed by atoms with Crippen LogP contribution in [0.2, 0.25) is 0 Å². The average molecular weight is 193 g/mol. The van der Waals surface area contributed by atoms with Gasteiger partial charge in [-0.15, -0.1) is 0 Å². The predicted molar refractivity (Wildman–Crippen MR) is 33.3 cm³/mol. The van der Waals surface area contributed by atoms with Gasteiger partial charge >= 0.3 is 5.92 Å². The van der Waals surface area contributed by atoms with Crippen molar-refractivity contribution in [3.8, 4) is 0 Å². The van der Waals surface area contributed by atoms with Gasteiger partial charge in [0.2, 0.25) is 4.33 Å². The van der Waals surface area contributed by atoms with Gasteiger partial charge in [0.05, 0.1) is 5.03 Å². The summed E-state index contributed by atoms with van der Waals surface area (Å²) in [5.41, 5.74) is 0. The van der Waals surface area contributed by atoms with Crippen LogP contribution in [-0.4, -0.2) is 10.3 Å². The Morgan fingerprint density at radius 2 is 1.78 bits per heavy atom. The van der Waals surface area contributed by atoms with Crippen molar-refractivity contribution in [1.82, 2.24) is 0 Å². The molecule has 0 aromatic heterocycles. The summed E-state index contributed by atoms with van der Waals surface area (Å²) in [5, 5.41) is -0.212. The molecule has 0 aromatic rings. The topological polar surface area (TPSA) is 0 Å². The molecular formula is C4HCl3F2. The van der Waals surface area contributed by atoms with Crippen LogP contribution in [0, 0.1) is 0 Å². The Labute approximate surface area is 65.4 Å². The van der Waals surface area contributed by atoms with Gasteiger partial charge < -0.3 is 0 Å². The molecule has 0 aliphatic heterocycles. The quantitative estimate of drug-likeness (QED) is 0.519. The summed E-state index contributed by atoms with van der Waals surface area (Å²) < 4.78 is 22.1. The van der Waals surface area contributed by atoms with Crippen molar-refractivity contribution in [2.75, 3.05) is 0 Å². The summed E-state index contributed by atoms with van der Waals surface area (Å²) in [6.07, 6.45) is 0.522. The highest BCUT2D eigenvalue weighted by Gasteiger charge is 2.60. The van der Waals surface area contributed by atoms with Crippen LogP contribution in [0.1, 0.15) is 0 Å². The largest absolute Gasteiger partial charge is 0.305 e. The van der Waals surface area contributed by atoms with Crippen LogP contribution >= 0.6 is 34.8 Å². The van der Waals surface area contributed by atoms with Crippen LogP contribution in [-0.2, 0) is 0 Å². The highest BCUT2D eigenvalue weighted by atomic mass is 35.5. The van der Waals surface area contributed by atoms with Crippen molar-refractivity contribution >= 4 is 34.8 Å². The molecule has 5 heteroatoms. The zero-order chi connectivity index (χ0) is 7.28. The maximum atomic E-state index is 12.1. The lowest BCUT2D eigenvalue weighted by atomic mass is 10.0. The van der Waals surface area contributed by atoms with Gasteiger partial charge in [0.25, 0.3) is 0 Å². The van der Waals surface area contributed by atoms with E-state index in [9.17, 15) is 8.78 Å². The molecule has 0 saturated heterocycles. The Kier molecular flexibility index (Phi) is 1.47. The molecule has 1 aliphatic rings. The van der Waals surface area contributed by atoms with E-state index in [4.69, 9.17) is 34.8 Å². The first-order valence-corrected chi connectivity index (χ1v) is 3.16. The lowest BCUT2D eigenvalue weighted by Crippen LogP contribution is -2.45. The van der Waals surface area contributed by atoms with E-state index in [2.05, 4.69) is 0 Å². The zero-order valence-electron chi connectivity index (χ0n) is 3.97. The molecule has 0 heterocycles. The first-order valence-electron chi connectivity index (χ1n) is 2.02. The minimum Gasteiger partial charge on any atom is -0.198 e. The number of hydrogen-bond donors (Lipinski definition) is 0. The van der Waals surface area contributed by atoms with E-state index in [0.29, 0.717) is 6.08 Å². The second-order valence-corrected chi connectivity index (χ2v) is 3.42. The SMILES string of the molecule is FC1(F)C=C(Cl)C1(Cl)Cl. The van der Waals surface area contributed by atoms with Gasteiger partial charge in [-0.25, -0.2) is 0 Å². The molecule has 0 bridgehead atoms. The maximum Gasteiger partial charge on any atom is 0.305 e. The summed E-state index contributed by atoms with van der Waals surface area (Å²) in [7, 11) is 0. The van der Waals surface area contributed by atoms with Crippen LogP contribution in [0.25, 0.3) is 0 Å². The summed E-state index contributed by atoms with van der Waals surface area (Å²) in [5.74, 6) is -3.17. The van der Waals surface area contributed by atoms with Crippen molar-refractivity contribution in [2.24, 2.45) is 0 Å². The van der Waals surface area contributed by atoms with Crippen LogP contribution in [0.5, 0.6) is 0 Å². The van der Waals surface area contributed by atoms with Crippen LogP contribution < -0.4 is 0 Å². The first-order chi connectivity index (χ1) is 3.88. The summed E-state index contributed by atoms with van der Waals surface area (Å²) >= 11 is 15.3. The van der Waals surface area contributed by atoms with Gasteiger partial charge in [0.1, 0.15) is 0 Å². The second-order valence-electron chi connectivity index (χ2n) is 1.69. The van der Waals surface area contributed by atoms with E-state index in [1.165, 1.54) is 0 Å². The van der Waals surface area contributed by atoms with Gasteiger partial charge in [-0.2, -0.15) is 8.78 Å². The summed E-state index contributed by atoms with van der Waals surface area (Å²) in [6.45, 7) is 0. The Balaban J connectivity index is 2.94. The van der Waals surface area contributed by atoms with Gasteiger partial charge in [-0.1, -0.05) is 34.8 Å². The monoisotopic (exact) mass is 192 g/mol. The number of alkyl halides is 4. The predicted octanol–water partition coefficient (Wildman–Crippen LogP) is 2.93. The molecule has 0 nitrogen and oxygen atoms in total. The van der Waals surface area contributed by atoms with Gasteiger partial charge in [0.15, 0.2) is 0 Å². The Morgan fingerprint density at radius 3 is 1.78 bits per heavy atom. The smallest absolute Gasteiger partial charge is 0.198 e. The van der Waals surface area contributed by atoms with E-state index in [1.807, 2.05) is 0 Å². The second kappa shape index (κ2) is 1.74. The molecule has 0 aromatic carbocycles. The molecule has 0 spiro atoms. The summed E-state index contributed by atoms with van der Waals surface area (Å²) in [4.78, 5) is 0. The number of hydrogen-bond acceptors (Lipinski definition) is 0.